The van der Waals surface area contributed by atoms with Gasteiger partial charge in [0.25, 0.3) is 5.91 Å². The standard InChI is InChI=1S/C27H25N3O5/c1-34-21-8-3-17(4-9-21)15-28-25-23(14-20-13-19(27(32)33)7-12-24(20)30-25)26(31)29-16-18-5-10-22(35-2)11-6-18/h3-14H,15-16H2,1-2H3,(H,28,30)(H,29,31)(H,32,33). The summed E-state index contributed by atoms with van der Waals surface area (Å²) in [7, 11) is 3.21. The van der Waals surface area contributed by atoms with Gasteiger partial charge in [-0.3, -0.25) is 4.79 Å². The van der Waals surface area contributed by atoms with E-state index in [9.17, 15) is 14.7 Å². The van der Waals surface area contributed by atoms with Crippen LogP contribution in [0.1, 0.15) is 31.8 Å². The highest BCUT2D eigenvalue weighted by atomic mass is 16.5. The second-order valence-electron chi connectivity index (χ2n) is 7.83. The molecule has 0 bridgehead atoms. The number of hydrogen-bond donors (Lipinski definition) is 3. The molecule has 0 spiro atoms. The van der Waals surface area contributed by atoms with Crippen LogP contribution in [0.5, 0.6) is 11.5 Å². The van der Waals surface area contributed by atoms with Gasteiger partial charge in [0.05, 0.1) is 30.9 Å². The first-order valence-corrected chi connectivity index (χ1v) is 10.9. The van der Waals surface area contributed by atoms with E-state index in [1.165, 1.54) is 12.1 Å². The Balaban J connectivity index is 1.61. The van der Waals surface area contributed by atoms with E-state index in [4.69, 9.17) is 9.47 Å². The van der Waals surface area contributed by atoms with Crippen LogP contribution in [0.2, 0.25) is 0 Å². The van der Waals surface area contributed by atoms with Crippen LogP contribution in [0.25, 0.3) is 10.9 Å². The molecule has 4 rings (SSSR count). The molecule has 0 saturated heterocycles. The van der Waals surface area contributed by atoms with Crippen molar-refractivity contribution in [1.29, 1.82) is 0 Å². The van der Waals surface area contributed by atoms with E-state index >= 15 is 0 Å². The number of aromatic nitrogens is 1. The molecule has 8 heteroatoms. The molecule has 0 aliphatic carbocycles. The molecule has 0 aliphatic heterocycles. The Hall–Kier alpha value is -4.59. The summed E-state index contributed by atoms with van der Waals surface area (Å²) in [5.74, 6) is 0.527. The molecule has 0 atom stereocenters. The lowest BCUT2D eigenvalue weighted by molar-refractivity contribution is 0.0696. The van der Waals surface area contributed by atoms with Crippen LogP contribution in [-0.2, 0) is 13.1 Å². The number of nitrogens with zero attached hydrogens (tertiary/aromatic N) is 1. The molecule has 178 valence electrons. The third-order valence-electron chi connectivity index (χ3n) is 5.54. The smallest absolute Gasteiger partial charge is 0.335 e. The van der Waals surface area contributed by atoms with E-state index < -0.39 is 5.97 Å². The zero-order valence-corrected chi connectivity index (χ0v) is 19.4. The van der Waals surface area contributed by atoms with Crippen LogP contribution < -0.4 is 20.1 Å². The summed E-state index contributed by atoms with van der Waals surface area (Å²) in [4.78, 5) is 29.2. The number of carbonyl (C=O) groups excluding carboxylic acids is 1. The molecular weight excluding hydrogens is 446 g/mol. The number of hydrogen-bond acceptors (Lipinski definition) is 6. The maximum Gasteiger partial charge on any atom is 0.335 e. The molecule has 8 nitrogen and oxygen atoms in total. The van der Waals surface area contributed by atoms with Crippen LogP contribution in [0, 0.1) is 0 Å². The fourth-order valence-electron chi connectivity index (χ4n) is 3.57. The number of aromatic carboxylic acids is 1. The maximum absolute atomic E-state index is 13.2. The molecule has 0 fully saturated rings. The summed E-state index contributed by atoms with van der Waals surface area (Å²) in [6.45, 7) is 0.752. The van der Waals surface area contributed by atoms with E-state index in [2.05, 4.69) is 15.6 Å². The molecule has 3 N–H and O–H groups in total. The lowest BCUT2D eigenvalue weighted by Crippen LogP contribution is -2.24. The van der Waals surface area contributed by atoms with Crippen LogP contribution in [-0.4, -0.2) is 36.2 Å². The summed E-state index contributed by atoms with van der Waals surface area (Å²) in [5.41, 5.74) is 2.93. The molecule has 0 radical (unpaired) electrons. The van der Waals surface area contributed by atoms with Crippen LogP contribution >= 0.6 is 0 Å². The third kappa shape index (κ3) is 5.67. The minimum absolute atomic E-state index is 0.128. The monoisotopic (exact) mass is 471 g/mol. The number of ether oxygens (including phenoxy) is 2. The van der Waals surface area contributed by atoms with Gasteiger partial charge < -0.3 is 25.2 Å². The average Bonchev–Trinajstić information content (AvgIpc) is 2.90. The van der Waals surface area contributed by atoms with Crippen LogP contribution in [0.3, 0.4) is 0 Å². The first kappa shape index (κ1) is 23.6. The number of nitrogens with one attached hydrogen (secondary N) is 2. The molecular formula is C27H25N3O5. The molecule has 3 aromatic carbocycles. The van der Waals surface area contributed by atoms with Crippen LogP contribution in [0.15, 0.2) is 72.8 Å². The number of fused-ring (bicyclic) bond motifs is 1. The molecule has 1 heterocycles. The third-order valence-corrected chi connectivity index (χ3v) is 5.54. The van der Waals surface area contributed by atoms with Crippen molar-refractivity contribution in [2.75, 3.05) is 19.5 Å². The first-order chi connectivity index (χ1) is 17.0. The SMILES string of the molecule is COc1ccc(CNC(=O)c2cc3cc(C(=O)O)ccc3nc2NCc2ccc(OC)cc2)cc1. The highest BCUT2D eigenvalue weighted by Crippen LogP contribution is 2.23. The number of rotatable bonds is 9. The summed E-state index contributed by atoms with van der Waals surface area (Å²) >= 11 is 0. The van der Waals surface area contributed by atoms with Gasteiger partial charge in [-0.1, -0.05) is 24.3 Å². The lowest BCUT2D eigenvalue weighted by Gasteiger charge is -2.14. The van der Waals surface area contributed by atoms with Gasteiger partial charge in [0.2, 0.25) is 0 Å². The lowest BCUT2D eigenvalue weighted by atomic mass is 10.1. The molecule has 4 aromatic rings. The zero-order valence-electron chi connectivity index (χ0n) is 19.4. The summed E-state index contributed by atoms with van der Waals surface area (Å²) in [6, 6.07) is 21.3. The van der Waals surface area contributed by atoms with Gasteiger partial charge in [0, 0.05) is 18.5 Å². The van der Waals surface area contributed by atoms with Crippen molar-refractivity contribution >= 4 is 28.6 Å². The number of carboxylic acids is 1. The summed E-state index contributed by atoms with van der Waals surface area (Å²) in [6.07, 6.45) is 0. The average molecular weight is 472 g/mol. The van der Waals surface area contributed by atoms with E-state index in [-0.39, 0.29) is 11.5 Å². The normalized spacial score (nSPS) is 10.6. The fourth-order valence-corrected chi connectivity index (χ4v) is 3.57. The van der Waals surface area contributed by atoms with Crippen molar-refractivity contribution in [3.63, 3.8) is 0 Å². The van der Waals surface area contributed by atoms with Crippen molar-refractivity contribution in [2.45, 2.75) is 13.1 Å². The van der Waals surface area contributed by atoms with E-state index in [0.29, 0.717) is 35.4 Å². The number of pyridine rings is 1. The molecule has 0 saturated carbocycles. The Morgan fingerprint density at radius 3 is 2.00 bits per heavy atom. The topological polar surface area (TPSA) is 110 Å². The number of carboxylic acid groups (broad SMARTS) is 1. The van der Waals surface area contributed by atoms with Crippen molar-refractivity contribution in [3.8, 4) is 11.5 Å². The fraction of sp³-hybridized carbons (Fsp3) is 0.148. The van der Waals surface area contributed by atoms with Crippen molar-refractivity contribution < 1.29 is 24.2 Å². The van der Waals surface area contributed by atoms with Crippen molar-refractivity contribution in [3.05, 3.63) is 95.1 Å². The first-order valence-electron chi connectivity index (χ1n) is 10.9. The van der Waals surface area contributed by atoms with Gasteiger partial charge in [0.1, 0.15) is 17.3 Å². The maximum atomic E-state index is 13.2. The van der Waals surface area contributed by atoms with Crippen molar-refractivity contribution in [2.24, 2.45) is 0 Å². The predicted octanol–water partition coefficient (Wildman–Crippen LogP) is 4.49. The molecule has 35 heavy (non-hydrogen) atoms. The Labute approximate surface area is 202 Å². The van der Waals surface area contributed by atoms with Crippen molar-refractivity contribution in [1.82, 2.24) is 10.3 Å². The predicted molar refractivity (Wildman–Crippen MR) is 133 cm³/mol. The number of carbonyl (C=O) groups is 2. The quantitative estimate of drug-likeness (QED) is 0.330. The molecule has 0 aliphatic rings. The minimum atomic E-state index is -1.04. The summed E-state index contributed by atoms with van der Waals surface area (Å²) < 4.78 is 10.4. The van der Waals surface area contributed by atoms with E-state index in [1.54, 1.807) is 26.4 Å². The van der Waals surface area contributed by atoms with Gasteiger partial charge in [-0.15, -0.1) is 0 Å². The Bertz CT molecular complexity index is 1350. The van der Waals surface area contributed by atoms with Crippen LogP contribution in [0.4, 0.5) is 5.82 Å². The number of benzene rings is 3. The van der Waals surface area contributed by atoms with Gasteiger partial charge >= 0.3 is 5.97 Å². The minimum Gasteiger partial charge on any atom is -0.497 e. The zero-order chi connectivity index (χ0) is 24.8. The van der Waals surface area contributed by atoms with Gasteiger partial charge in [-0.05, 0) is 59.7 Å². The van der Waals surface area contributed by atoms with Gasteiger partial charge in [-0.25, -0.2) is 9.78 Å². The van der Waals surface area contributed by atoms with Gasteiger partial charge in [-0.2, -0.15) is 0 Å². The molecule has 1 amide bonds. The van der Waals surface area contributed by atoms with E-state index in [0.717, 1.165) is 22.6 Å². The Morgan fingerprint density at radius 2 is 1.43 bits per heavy atom. The molecule has 1 aromatic heterocycles. The molecule has 0 unspecified atom stereocenters. The number of amides is 1. The number of anilines is 1. The van der Waals surface area contributed by atoms with Gasteiger partial charge in [0.15, 0.2) is 0 Å². The highest BCUT2D eigenvalue weighted by molar-refractivity contribution is 6.03. The second kappa shape index (κ2) is 10.6. The number of methoxy groups -OCH3 is 2. The van der Waals surface area contributed by atoms with E-state index in [1.807, 2.05) is 48.5 Å². The summed E-state index contributed by atoms with van der Waals surface area (Å²) in [5, 5.41) is 16.1. The Morgan fingerprint density at radius 1 is 0.829 bits per heavy atom. The largest absolute Gasteiger partial charge is 0.497 e. The Kier molecular flexibility index (Phi) is 7.11. The second-order valence-corrected chi connectivity index (χ2v) is 7.83. The highest BCUT2D eigenvalue weighted by Gasteiger charge is 2.16.